The van der Waals surface area contributed by atoms with Crippen LogP contribution >= 0.6 is 0 Å². The molecular weight excluding hydrogens is 226 g/mol. The Morgan fingerprint density at radius 3 is 2.56 bits per heavy atom. The first kappa shape index (κ1) is 15.5. The number of carbonyl (C=O) groups is 1. The van der Waals surface area contributed by atoms with E-state index in [-0.39, 0.29) is 18.0 Å². The number of nitrogens with two attached hydrogens (primary N) is 1. The van der Waals surface area contributed by atoms with Gasteiger partial charge in [-0.1, -0.05) is 39.0 Å². The molecule has 3 heteroatoms. The van der Waals surface area contributed by atoms with Crippen LogP contribution in [0.1, 0.15) is 71.1 Å². The molecule has 18 heavy (non-hydrogen) atoms. The Balaban J connectivity index is 2.22. The van der Waals surface area contributed by atoms with E-state index in [4.69, 9.17) is 10.5 Å². The van der Waals surface area contributed by atoms with Crippen LogP contribution in [-0.4, -0.2) is 18.6 Å². The molecule has 1 saturated carbocycles. The second-order valence-corrected chi connectivity index (χ2v) is 5.48. The zero-order chi connectivity index (χ0) is 13.2. The van der Waals surface area contributed by atoms with Crippen LogP contribution in [0.2, 0.25) is 0 Å². The van der Waals surface area contributed by atoms with Crippen LogP contribution in [0.4, 0.5) is 0 Å². The summed E-state index contributed by atoms with van der Waals surface area (Å²) in [5, 5.41) is 0. The second-order valence-electron chi connectivity index (χ2n) is 5.48. The third-order valence-electron chi connectivity index (χ3n) is 3.86. The maximum absolute atomic E-state index is 12.0. The van der Waals surface area contributed by atoms with Crippen molar-refractivity contribution in [2.75, 3.05) is 6.54 Å². The number of carbonyl (C=O) groups excluding carboxylic acids is 1. The quantitative estimate of drug-likeness (QED) is 0.534. The van der Waals surface area contributed by atoms with Crippen LogP contribution in [0.5, 0.6) is 0 Å². The molecule has 1 fully saturated rings. The van der Waals surface area contributed by atoms with Gasteiger partial charge in [0.2, 0.25) is 0 Å². The predicted molar refractivity (Wildman–Crippen MR) is 74.3 cm³/mol. The number of hydrogen-bond donors (Lipinski definition) is 1. The Morgan fingerprint density at radius 2 is 1.94 bits per heavy atom. The van der Waals surface area contributed by atoms with Gasteiger partial charge in [-0.25, -0.2) is 0 Å². The fourth-order valence-corrected chi connectivity index (χ4v) is 2.59. The Kier molecular flexibility index (Phi) is 8.06. The third-order valence-corrected chi connectivity index (χ3v) is 3.86. The Bertz CT molecular complexity index is 225. The highest BCUT2D eigenvalue weighted by molar-refractivity contribution is 5.72. The van der Waals surface area contributed by atoms with Gasteiger partial charge in [-0.15, -0.1) is 0 Å². The van der Waals surface area contributed by atoms with Crippen LogP contribution in [0.25, 0.3) is 0 Å². The molecule has 0 radical (unpaired) electrons. The normalized spacial score (nSPS) is 18.6. The monoisotopic (exact) mass is 255 g/mol. The van der Waals surface area contributed by atoms with Gasteiger partial charge in [0.25, 0.3) is 0 Å². The van der Waals surface area contributed by atoms with Gasteiger partial charge in [0.1, 0.15) is 6.10 Å². The predicted octanol–water partition coefficient (Wildman–Crippen LogP) is 3.41. The molecule has 1 rings (SSSR count). The van der Waals surface area contributed by atoms with Gasteiger partial charge in [-0.05, 0) is 32.1 Å². The molecule has 0 aromatic heterocycles. The van der Waals surface area contributed by atoms with Gasteiger partial charge in [0.05, 0.1) is 5.92 Å². The first-order chi connectivity index (χ1) is 8.77. The number of ether oxygens (including phenoxy) is 1. The summed E-state index contributed by atoms with van der Waals surface area (Å²) in [7, 11) is 0. The highest BCUT2D eigenvalue weighted by atomic mass is 16.5. The zero-order valence-electron chi connectivity index (χ0n) is 11.8. The van der Waals surface area contributed by atoms with Gasteiger partial charge >= 0.3 is 5.97 Å². The summed E-state index contributed by atoms with van der Waals surface area (Å²) < 4.78 is 5.58. The molecule has 2 N–H and O–H groups in total. The minimum absolute atomic E-state index is 0.0547. The van der Waals surface area contributed by atoms with E-state index in [1.165, 1.54) is 38.5 Å². The van der Waals surface area contributed by atoms with Gasteiger partial charge < -0.3 is 10.5 Å². The van der Waals surface area contributed by atoms with Crippen molar-refractivity contribution in [3.8, 4) is 0 Å². The Hall–Kier alpha value is -0.570. The third kappa shape index (κ3) is 5.85. The summed E-state index contributed by atoms with van der Waals surface area (Å²) in [5.74, 6) is -0.135. The molecule has 0 aromatic rings. The number of hydrogen-bond acceptors (Lipinski definition) is 3. The molecule has 1 aliphatic rings. The molecule has 0 bridgehead atoms. The fraction of sp³-hybridized carbons (Fsp3) is 0.933. The number of esters is 1. The molecular formula is C15H29NO2. The molecule has 0 aromatic carbocycles. The number of unbranched alkanes of at least 4 members (excludes halogenated alkanes) is 3. The van der Waals surface area contributed by atoms with Crippen molar-refractivity contribution < 1.29 is 9.53 Å². The van der Waals surface area contributed by atoms with Gasteiger partial charge in [0.15, 0.2) is 0 Å². The van der Waals surface area contributed by atoms with E-state index in [1.54, 1.807) is 0 Å². The largest absolute Gasteiger partial charge is 0.462 e. The Labute approximate surface area is 111 Å². The van der Waals surface area contributed by atoms with E-state index in [2.05, 4.69) is 6.92 Å². The maximum Gasteiger partial charge on any atom is 0.310 e. The average molecular weight is 255 g/mol. The van der Waals surface area contributed by atoms with E-state index in [1.807, 2.05) is 0 Å². The minimum Gasteiger partial charge on any atom is -0.462 e. The van der Waals surface area contributed by atoms with E-state index >= 15 is 0 Å². The lowest BCUT2D eigenvalue weighted by Gasteiger charge is -2.24. The van der Waals surface area contributed by atoms with E-state index in [0.29, 0.717) is 6.54 Å². The minimum atomic E-state index is -0.0798. The van der Waals surface area contributed by atoms with Gasteiger partial charge in [-0.2, -0.15) is 0 Å². The van der Waals surface area contributed by atoms with Crippen LogP contribution in [0.15, 0.2) is 0 Å². The summed E-state index contributed by atoms with van der Waals surface area (Å²) in [6, 6.07) is 0. The van der Waals surface area contributed by atoms with Crippen LogP contribution < -0.4 is 5.73 Å². The van der Waals surface area contributed by atoms with Crippen molar-refractivity contribution in [2.45, 2.75) is 77.2 Å². The average Bonchev–Trinajstić information content (AvgIpc) is 2.40. The lowest BCUT2D eigenvalue weighted by atomic mass is 9.97. The summed E-state index contributed by atoms with van der Waals surface area (Å²) in [4.78, 5) is 12.0. The Morgan fingerprint density at radius 1 is 1.22 bits per heavy atom. The van der Waals surface area contributed by atoms with Crippen molar-refractivity contribution >= 4 is 5.97 Å². The summed E-state index contributed by atoms with van der Waals surface area (Å²) >= 11 is 0. The van der Waals surface area contributed by atoms with E-state index < -0.39 is 0 Å². The van der Waals surface area contributed by atoms with Crippen LogP contribution in [0.3, 0.4) is 0 Å². The summed E-state index contributed by atoms with van der Waals surface area (Å²) in [5.41, 5.74) is 5.69. The molecule has 106 valence electrons. The molecule has 0 saturated heterocycles. The first-order valence-electron chi connectivity index (χ1n) is 7.68. The lowest BCUT2D eigenvalue weighted by Crippen LogP contribution is -2.30. The van der Waals surface area contributed by atoms with Crippen molar-refractivity contribution in [2.24, 2.45) is 11.7 Å². The van der Waals surface area contributed by atoms with Gasteiger partial charge in [-0.3, -0.25) is 4.79 Å². The summed E-state index contributed by atoms with van der Waals surface area (Å²) in [6.07, 6.45) is 11.6. The molecule has 0 spiro atoms. The molecule has 0 aliphatic heterocycles. The van der Waals surface area contributed by atoms with Crippen molar-refractivity contribution in [3.05, 3.63) is 0 Å². The van der Waals surface area contributed by atoms with E-state index in [0.717, 1.165) is 25.7 Å². The zero-order valence-corrected chi connectivity index (χ0v) is 11.8. The SMILES string of the molecule is CCCCCCC(CN)C(=O)OC1CCCCC1. The fourth-order valence-electron chi connectivity index (χ4n) is 2.59. The number of rotatable bonds is 8. The smallest absolute Gasteiger partial charge is 0.310 e. The molecule has 0 heterocycles. The van der Waals surface area contributed by atoms with Crippen LogP contribution in [0, 0.1) is 5.92 Å². The van der Waals surface area contributed by atoms with E-state index in [9.17, 15) is 4.79 Å². The standard InChI is InChI=1S/C15H29NO2/c1-2-3-4-6-9-13(12-16)15(17)18-14-10-7-5-8-11-14/h13-14H,2-12,16H2,1H3. The molecule has 1 aliphatic carbocycles. The summed E-state index contributed by atoms with van der Waals surface area (Å²) in [6.45, 7) is 2.62. The van der Waals surface area contributed by atoms with Crippen LogP contribution in [-0.2, 0) is 9.53 Å². The topological polar surface area (TPSA) is 52.3 Å². The highest BCUT2D eigenvalue weighted by Gasteiger charge is 2.23. The maximum atomic E-state index is 12.0. The molecule has 1 unspecified atom stereocenters. The van der Waals surface area contributed by atoms with Crippen molar-refractivity contribution in [3.63, 3.8) is 0 Å². The molecule has 3 nitrogen and oxygen atoms in total. The lowest BCUT2D eigenvalue weighted by molar-refractivity contribution is -0.155. The van der Waals surface area contributed by atoms with Gasteiger partial charge in [0, 0.05) is 6.54 Å². The molecule has 1 atom stereocenters. The van der Waals surface area contributed by atoms with Crippen molar-refractivity contribution in [1.82, 2.24) is 0 Å². The molecule has 0 amide bonds. The van der Waals surface area contributed by atoms with Crippen molar-refractivity contribution in [1.29, 1.82) is 0 Å². The highest BCUT2D eigenvalue weighted by Crippen LogP contribution is 2.22. The first-order valence-corrected chi connectivity index (χ1v) is 7.68. The second kappa shape index (κ2) is 9.37.